The van der Waals surface area contributed by atoms with Crippen LogP contribution in [-0.4, -0.2) is 41.4 Å². The fourth-order valence-corrected chi connectivity index (χ4v) is 5.23. The molecule has 0 saturated carbocycles. The van der Waals surface area contributed by atoms with E-state index in [2.05, 4.69) is 21.6 Å². The summed E-state index contributed by atoms with van der Waals surface area (Å²) in [6, 6.07) is 12.2. The van der Waals surface area contributed by atoms with Crippen LogP contribution in [0.25, 0.3) is 10.8 Å². The first-order chi connectivity index (χ1) is 13.2. The highest BCUT2D eigenvalue weighted by atomic mass is 32.2. The van der Waals surface area contributed by atoms with Gasteiger partial charge in [0.25, 0.3) is 0 Å². The zero-order chi connectivity index (χ0) is 20.6. The van der Waals surface area contributed by atoms with E-state index in [1.54, 1.807) is 0 Å². The third-order valence-electron chi connectivity index (χ3n) is 4.39. The van der Waals surface area contributed by atoms with Gasteiger partial charge in [-0.05, 0) is 47.6 Å². The van der Waals surface area contributed by atoms with Crippen molar-refractivity contribution in [2.75, 3.05) is 24.6 Å². The van der Waals surface area contributed by atoms with Gasteiger partial charge < -0.3 is 0 Å². The van der Waals surface area contributed by atoms with E-state index in [0.717, 1.165) is 21.9 Å². The highest BCUT2D eigenvalue weighted by Gasteiger charge is 2.09. The summed E-state index contributed by atoms with van der Waals surface area (Å²) in [6.07, 6.45) is 2.49. The van der Waals surface area contributed by atoms with Crippen molar-refractivity contribution < 1.29 is 16.8 Å². The molecule has 0 spiro atoms. The van der Waals surface area contributed by atoms with Crippen molar-refractivity contribution in [3.05, 3.63) is 47.5 Å². The Kier molecular flexibility index (Phi) is 8.42. The van der Waals surface area contributed by atoms with Gasteiger partial charge in [-0.3, -0.25) is 0 Å². The Morgan fingerprint density at radius 3 is 1.43 bits per heavy atom. The molecule has 8 heteroatoms. The van der Waals surface area contributed by atoms with E-state index < -0.39 is 20.0 Å². The van der Waals surface area contributed by atoms with Gasteiger partial charge >= 0.3 is 0 Å². The van der Waals surface area contributed by atoms with Gasteiger partial charge in [-0.25, -0.2) is 26.3 Å². The summed E-state index contributed by atoms with van der Waals surface area (Å²) < 4.78 is 52.1. The highest BCUT2D eigenvalue weighted by Crippen LogP contribution is 2.18. The lowest BCUT2D eigenvalue weighted by atomic mass is 10.0. The molecule has 0 bridgehead atoms. The Bertz CT molecular complexity index is 905. The van der Waals surface area contributed by atoms with Crippen LogP contribution in [0.5, 0.6) is 0 Å². The number of nitrogens with one attached hydrogen (secondary N) is 2. The first-order valence-corrected chi connectivity index (χ1v) is 13.0. The molecular formula is C20H30N2O4S2. The molecule has 0 aliphatic carbocycles. The summed E-state index contributed by atoms with van der Waals surface area (Å²) in [5, 5.41) is 2.17. The monoisotopic (exact) mass is 426 g/mol. The minimum atomic E-state index is -3.17. The Balaban J connectivity index is 1.94. The molecule has 2 aromatic rings. The van der Waals surface area contributed by atoms with Crippen LogP contribution in [0.3, 0.4) is 0 Å². The Labute approximate surface area is 168 Å². The zero-order valence-electron chi connectivity index (χ0n) is 16.6. The second-order valence-electron chi connectivity index (χ2n) is 6.94. The van der Waals surface area contributed by atoms with Crippen LogP contribution >= 0.6 is 0 Å². The standard InChI is InChI=1S/C20H30N2O4S2/c1-3-13-27(23,24)21-11-9-17-5-7-20-16-18(6-8-19(20)15-17)10-12-22-28(25,26)14-4-2/h5-8,15-16,21-22H,3-4,9-14H2,1-2H3. The Morgan fingerprint density at radius 2 is 1.07 bits per heavy atom. The van der Waals surface area contributed by atoms with Crippen molar-refractivity contribution in [3.8, 4) is 0 Å². The average Bonchev–Trinajstić information content (AvgIpc) is 2.61. The minimum Gasteiger partial charge on any atom is -0.215 e. The molecule has 6 nitrogen and oxygen atoms in total. The molecule has 2 N–H and O–H groups in total. The number of fused-ring (bicyclic) bond motifs is 1. The number of hydrogen-bond donors (Lipinski definition) is 2. The van der Waals surface area contributed by atoms with Gasteiger partial charge in [0.05, 0.1) is 11.5 Å². The summed E-state index contributed by atoms with van der Waals surface area (Å²) in [5.74, 6) is 0.310. The lowest BCUT2D eigenvalue weighted by molar-refractivity contribution is 0.578. The van der Waals surface area contributed by atoms with Crippen LogP contribution in [-0.2, 0) is 32.9 Å². The van der Waals surface area contributed by atoms with E-state index in [1.807, 2.05) is 38.1 Å². The first-order valence-electron chi connectivity index (χ1n) is 9.71. The summed E-state index contributed by atoms with van der Waals surface area (Å²) in [4.78, 5) is 0. The van der Waals surface area contributed by atoms with Crippen LogP contribution in [0.2, 0.25) is 0 Å². The summed E-state index contributed by atoms with van der Waals surface area (Å²) in [6.45, 7) is 4.47. The topological polar surface area (TPSA) is 92.3 Å². The molecule has 0 fully saturated rings. The van der Waals surface area contributed by atoms with Gasteiger partial charge in [-0.15, -0.1) is 0 Å². The molecule has 0 aromatic heterocycles. The first kappa shape index (κ1) is 22.8. The lowest BCUT2D eigenvalue weighted by Crippen LogP contribution is -2.28. The van der Waals surface area contributed by atoms with E-state index in [0.29, 0.717) is 38.8 Å². The van der Waals surface area contributed by atoms with Crippen LogP contribution in [0.4, 0.5) is 0 Å². The maximum Gasteiger partial charge on any atom is 0.211 e. The average molecular weight is 427 g/mol. The van der Waals surface area contributed by atoms with Gasteiger partial charge in [-0.1, -0.05) is 50.2 Å². The molecule has 156 valence electrons. The van der Waals surface area contributed by atoms with Crippen LogP contribution in [0, 0.1) is 0 Å². The van der Waals surface area contributed by atoms with Crippen molar-refractivity contribution >= 4 is 30.8 Å². The Hall–Kier alpha value is -1.48. The molecule has 0 saturated heterocycles. The molecule has 0 unspecified atom stereocenters. The molecule has 28 heavy (non-hydrogen) atoms. The number of sulfonamides is 2. The van der Waals surface area contributed by atoms with Gasteiger partial charge in [0.2, 0.25) is 20.0 Å². The SMILES string of the molecule is CCCS(=O)(=O)NCCc1ccc2cc(CCNS(=O)(=O)CCC)ccc2c1. The summed E-state index contributed by atoms with van der Waals surface area (Å²) >= 11 is 0. The normalized spacial score (nSPS) is 12.5. The second kappa shape index (κ2) is 10.3. The molecule has 0 atom stereocenters. The van der Waals surface area contributed by atoms with Gasteiger partial charge in [-0.2, -0.15) is 0 Å². The smallest absolute Gasteiger partial charge is 0.211 e. The molecule has 2 rings (SSSR count). The number of rotatable bonds is 12. The number of hydrogen-bond acceptors (Lipinski definition) is 4. The van der Waals surface area contributed by atoms with Crippen LogP contribution < -0.4 is 9.44 Å². The second-order valence-corrected chi connectivity index (χ2v) is 10.8. The third-order valence-corrected chi connectivity index (χ3v) is 7.57. The molecule has 0 aliphatic rings. The Morgan fingerprint density at radius 1 is 0.679 bits per heavy atom. The number of benzene rings is 2. The lowest BCUT2D eigenvalue weighted by Gasteiger charge is -2.09. The molecular weight excluding hydrogens is 396 g/mol. The quantitative estimate of drug-likeness (QED) is 0.546. The van der Waals surface area contributed by atoms with Crippen LogP contribution in [0.1, 0.15) is 37.8 Å². The van der Waals surface area contributed by atoms with Crippen molar-refractivity contribution in [1.29, 1.82) is 0 Å². The third kappa shape index (κ3) is 7.50. The molecule has 2 aromatic carbocycles. The minimum absolute atomic E-state index is 0.155. The molecule has 0 amide bonds. The van der Waals surface area contributed by atoms with Crippen molar-refractivity contribution in [2.45, 2.75) is 39.5 Å². The fourth-order valence-electron chi connectivity index (χ4n) is 3.04. The summed E-state index contributed by atoms with van der Waals surface area (Å²) in [7, 11) is -6.34. The van der Waals surface area contributed by atoms with E-state index in [1.165, 1.54) is 0 Å². The predicted molar refractivity (Wildman–Crippen MR) is 116 cm³/mol. The van der Waals surface area contributed by atoms with Gasteiger partial charge in [0.1, 0.15) is 0 Å². The van der Waals surface area contributed by atoms with E-state index in [-0.39, 0.29) is 11.5 Å². The van der Waals surface area contributed by atoms with Gasteiger partial charge in [0, 0.05) is 13.1 Å². The maximum absolute atomic E-state index is 11.7. The van der Waals surface area contributed by atoms with E-state index in [9.17, 15) is 16.8 Å². The van der Waals surface area contributed by atoms with Gasteiger partial charge in [0.15, 0.2) is 0 Å². The predicted octanol–water partition coefficient (Wildman–Crippen LogP) is 2.58. The maximum atomic E-state index is 11.7. The van der Waals surface area contributed by atoms with Crippen molar-refractivity contribution in [3.63, 3.8) is 0 Å². The highest BCUT2D eigenvalue weighted by molar-refractivity contribution is 7.89. The van der Waals surface area contributed by atoms with E-state index in [4.69, 9.17) is 0 Å². The fraction of sp³-hybridized carbons (Fsp3) is 0.500. The zero-order valence-corrected chi connectivity index (χ0v) is 18.2. The van der Waals surface area contributed by atoms with Crippen LogP contribution in [0.15, 0.2) is 36.4 Å². The molecule has 0 radical (unpaired) electrons. The van der Waals surface area contributed by atoms with Crippen molar-refractivity contribution in [1.82, 2.24) is 9.44 Å². The summed E-state index contributed by atoms with van der Waals surface area (Å²) in [5.41, 5.74) is 2.15. The van der Waals surface area contributed by atoms with Crippen molar-refractivity contribution in [2.24, 2.45) is 0 Å². The largest absolute Gasteiger partial charge is 0.215 e. The van der Waals surface area contributed by atoms with E-state index >= 15 is 0 Å². The molecule has 0 heterocycles. The molecule has 0 aliphatic heterocycles.